The summed E-state index contributed by atoms with van der Waals surface area (Å²) < 4.78 is 21.1. The van der Waals surface area contributed by atoms with Gasteiger partial charge in [-0.3, -0.25) is 14.3 Å². The highest BCUT2D eigenvalue weighted by molar-refractivity contribution is 6.32. The van der Waals surface area contributed by atoms with Crippen LogP contribution in [0.4, 0.5) is 0 Å². The number of aromatic nitrogens is 2. The highest BCUT2D eigenvalue weighted by Crippen LogP contribution is 2.47. The molecule has 3 unspecified atom stereocenters. The Kier molecular flexibility index (Phi) is 8.21. The second-order valence-electron chi connectivity index (χ2n) is 11.4. The molecule has 1 fully saturated rings. The third kappa shape index (κ3) is 6.17. The van der Waals surface area contributed by atoms with Gasteiger partial charge in [-0.15, -0.1) is 0 Å². The second kappa shape index (κ2) is 11.8. The number of esters is 1. The molecule has 5 rings (SSSR count). The largest absolute Gasteiger partial charge is 0.454 e. The number of aromatic amines is 1. The zero-order valence-electron chi connectivity index (χ0n) is 23.4. The van der Waals surface area contributed by atoms with Gasteiger partial charge < -0.3 is 13.9 Å². The minimum absolute atomic E-state index is 0.0398. The Bertz CT molecular complexity index is 1540. The summed E-state index contributed by atoms with van der Waals surface area (Å²) in [5.41, 5.74) is -0.0386. The second-order valence-corrected chi connectivity index (χ2v) is 14.1. The zero-order chi connectivity index (χ0) is 29.0. The zero-order valence-corrected chi connectivity index (χ0v) is 24.8. The fourth-order valence-electron chi connectivity index (χ4n) is 5.16. The Balaban J connectivity index is 1.64. The third-order valence-corrected chi connectivity index (χ3v) is 8.52. The number of nitrogens with zero attached hydrogens (tertiary/aromatic N) is 1. The Hall–Kier alpha value is -4.05. The van der Waals surface area contributed by atoms with E-state index in [9.17, 15) is 14.4 Å². The van der Waals surface area contributed by atoms with E-state index >= 15 is 0 Å². The SMILES string of the molecule is CC(C)(C)[SiH2]OC(c1ccccc1)(c1ccccc1)C1CC(OC(=O)c2ccccc2)C(n2ccc(=O)[nH]c2=O)O1. The van der Waals surface area contributed by atoms with Crippen LogP contribution in [0.1, 0.15) is 54.9 Å². The van der Waals surface area contributed by atoms with Crippen LogP contribution >= 0.6 is 0 Å². The molecule has 0 amide bonds. The van der Waals surface area contributed by atoms with E-state index in [0.717, 1.165) is 11.1 Å². The number of rotatable bonds is 8. The minimum atomic E-state index is -1.15. The molecule has 0 saturated carbocycles. The molecular weight excluding hydrogens is 536 g/mol. The molecule has 8 nitrogen and oxygen atoms in total. The van der Waals surface area contributed by atoms with Crippen molar-refractivity contribution >= 4 is 15.7 Å². The van der Waals surface area contributed by atoms with E-state index in [2.05, 4.69) is 25.8 Å². The van der Waals surface area contributed by atoms with Crippen LogP contribution in [0.25, 0.3) is 0 Å². The first-order chi connectivity index (χ1) is 19.7. The average Bonchev–Trinajstić information content (AvgIpc) is 3.38. The topological polar surface area (TPSA) is 99.6 Å². The smallest absolute Gasteiger partial charge is 0.338 e. The van der Waals surface area contributed by atoms with E-state index in [4.69, 9.17) is 13.9 Å². The summed E-state index contributed by atoms with van der Waals surface area (Å²) in [6, 6.07) is 29.7. The van der Waals surface area contributed by atoms with Crippen LogP contribution in [0.3, 0.4) is 0 Å². The number of hydrogen-bond donors (Lipinski definition) is 1. The van der Waals surface area contributed by atoms with Crippen molar-refractivity contribution in [2.45, 2.75) is 56.3 Å². The van der Waals surface area contributed by atoms with Gasteiger partial charge in [0.2, 0.25) is 0 Å². The van der Waals surface area contributed by atoms with Crippen molar-refractivity contribution in [1.29, 1.82) is 0 Å². The molecule has 0 radical (unpaired) electrons. The standard InChI is InChI=1S/C32H34N2O6Si/c1-31(2,3)41-40-32(23-15-9-5-10-16-23,24-17-11-6-12-18-24)26-21-25(38-29(36)22-13-7-4-8-14-22)28(39-26)34-20-19-27(35)33-30(34)37/h4-20,25-26,28H,21,41H2,1-3H3,(H,33,35,37). The Labute approximate surface area is 240 Å². The van der Waals surface area contributed by atoms with Gasteiger partial charge in [-0.1, -0.05) is 99.6 Å². The van der Waals surface area contributed by atoms with Gasteiger partial charge in [-0.25, -0.2) is 9.59 Å². The average molecular weight is 571 g/mol. The molecule has 1 aromatic heterocycles. The summed E-state index contributed by atoms with van der Waals surface area (Å²) in [6.45, 7) is 6.47. The van der Waals surface area contributed by atoms with E-state index in [0.29, 0.717) is 5.56 Å². The molecule has 3 aromatic carbocycles. The monoisotopic (exact) mass is 570 g/mol. The lowest BCUT2D eigenvalue weighted by Gasteiger charge is -2.41. The van der Waals surface area contributed by atoms with Gasteiger partial charge in [-0.2, -0.15) is 0 Å². The van der Waals surface area contributed by atoms with Gasteiger partial charge >= 0.3 is 11.7 Å². The van der Waals surface area contributed by atoms with E-state index in [1.807, 2.05) is 66.7 Å². The summed E-state index contributed by atoms with van der Waals surface area (Å²) in [5.74, 6) is -0.530. The van der Waals surface area contributed by atoms with Crippen molar-refractivity contribution in [2.24, 2.45) is 0 Å². The van der Waals surface area contributed by atoms with Crippen molar-refractivity contribution < 1.29 is 18.7 Å². The molecule has 0 aliphatic carbocycles. The van der Waals surface area contributed by atoms with Crippen LogP contribution in [0.15, 0.2) is 113 Å². The molecule has 3 atom stereocenters. The lowest BCUT2D eigenvalue weighted by atomic mass is 9.80. The first kappa shape index (κ1) is 28.5. The van der Waals surface area contributed by atoms with Crippen molar-refractivity contribution in [3.63, 3.8) is 0 Å². The summed E-state index contributed by atoms with van der Waals surface area (Å²) in [6.07, 6.45) is -0.863. The van der Waals surface area contributed by atoms with E-state index in [-0.39, 0.29) is 11.5 Å². The molecule has 212 valence electrons. The Morgan fingerprint density at radius 3 is 1.98 bits per heavy atom. The van der Waals surface area contributed by atoms with Crippen molar-refractivity contribution in [1.82, 2.24) is 9.55 Å². The van der Waals surface area contributed by atoms with Gasteiger partial charge in [0.05, 0.1) is 5.56 Å². The molecule has 0 spiro atoms. The maximum absolute atomic E-state index is 13.2. The number of nitrogens with one attached hydrogen (secondary N) is 1. The molecular formula is C32H34N2O6Si. The van der Waals surface area contributed by atoms with E-state index in [1.54, 1.807) is 24.3 Å². The fourth-order valence-corrected chi connectivity index (χ4v) is 6.34. The molecule has 4 aromatic rings. The Morgan fingerprint density at radius 1 is 0.878 bits per heavy atom. The number of H-pyrrole nitrogens is 1. The fraction of sp³-hybridized carbons (Fsp3) is 0.281. The molecule has 9 heteroatoms. The summed E-state index contributed by atoms with van der Waals surface area (Å²) in [4.78, 5) is 40.3. The number of hydrogen-bond acceptors (Lipinski definition) is 6. The lowest BCUT2D eigenvalue weighted by molar-refractivity contribution is -0.103. The van der Waals surface area contributed by atoms with Crippen molar-refractivity contribution in [2.75, 3.05) is 0 Å². The maximum Gasteiger partial charge on any atom is 0.338 e. The molecule has 1 aliphatic rings. The molecule has 1 aliphatic heterocycles. The molecule has 2 heterocycles. The van der Waals surface area contributed by atoms with E-state index in [1.165, 1.54) is 16.8 Å². The molecule has 1 saturated heterocycles. The van der Waals surface area contributed by atoms with Gasteiger partial charge in [0.25, 0.3) is 5.56 Å². The van der Waals surface area contributed by atoms with Gasteiger partial charge in [0, 0.05) is 18.7 Å². The number of ether oxygens (including phenoxy) is 2. The van der Waals surface area contributed by atoms with Crippen LogP contribution in [-0.4, -0.2) is 37.5 Å². The first-order valence-corrected chi connectivity index (χ1v) is 14.9. The summed E-state index contributed by atoms with van der Waals surface area (Å²) in [5, 5.41) is -0.0398. The number of carbonyl (C=O) groups is 1. The summed E-state index contributed by atoms with van der Waals surface area (Å²) in [7, 11) is -1.15. The quantitative estimate of drug-likeness (QED) is 0.250. The molecule has 41 heavy (non-hydrogen) atoms. The highest BCUT2D eigenvalue weighted by atomic mass is 28.2. The van der Waals surface area contributed by atoms with Gasteiger partial charge in [0.1, 0.15) is 17.8 Å². The van der Waals surface area contributed by atoms with Crippen molar-refractivity contribution in [3.8, 4) is 0 Å². The Morgan fingerprint density at radius 2 is 1.44 bits per heavy atom. The minimum Gasteiger partial charge on any atom is -0.454 e. The van der Waals surface area contributed by atoms with Crippen molar-refractivity contribution in [3.05, 3.63) is 141 Å². The normalized spacial score (nSPS) is 19.4. The van der Waals surface area contributed by atoms with Gasteiger partial charge in [0.15, 0.2) is 16.0 Å². The molecule has 0 bridgehead atoms. The summed E-state index contributed by atoms with van der Waals surface area (Å²) >= 11 is 0. The number of benzene rings is 3. The van der Waals surface area contributed by atoms with Crippen LogP contribution in [0.2, 0.25) is 5.04 Å². The van der Waals surface area contributed by atoms with Crippen LogP contribution in [0, 0.1) is 0 Å². The lowest BCUT2D eigenvalue weighted by Crippen LogP contribution is -2.45. The number of carbonyl (C=O) groups excluding carboxylic acids is 1. The van der Waals surface area contributed by atoms with Gasteiger partial charge in [-0.05, 0) is 28.3 Å². The first-order valence-electron chi connectivity index (χ1n) is 13.7. The highest BCUT2D eigenvalue weighted by Gasteiger charge is 2.53. The molecule has 1 N–H and O–H groups in total. The van der Waals surface area contributed by atoms with Crippen LogP contribution in [0.5, 0.6) is 0 Å². The predicted molar refractivity (Wildman–Crippen MR) is 159 cm³/mol. The third-order valence-electron chi connectivity index (χ3n) is 7.05. The van der Waals surface area contributed by atoms with Crippen LogP contribution < -0.4 is 11.2 Å². The van der Waals surface area contributed by atoms with Crippen LogP contribution in [-0.2, 0) is 19.5 Å². The maximum atomic E-state index is 13.2. The predicted octanol–water partition coefficient (Wildman–Crippen LogP) is 4.31. The van der Waals surface area contributed by atoms with E-state index < -0.39 is 51.0 Å².